The molecule has 1 fully saturated rings. The van der Waals surface area contributed by atoms with E-state index in [1.165, 1.54) is 31.2 Å². The average Bonchev–Trinajstić information content (AvgIpc) is 2.97. The van der Waals surface area contributed by atoms with Gasteiger partial charge in [0.2, 0.25) is 0 Å². The molecule has 1 saturated carbocycles. The normalized spacial score (nSPS) is 18.9. The molecule has 0 bridgehead atoms. The third-order valence-corrected chi connectivity index (χ3v) is 4.36. The summed E-state index contributed by atoms with van der Waals surface area (Å²) in [7, 11) is 1.68. The number of benzene rings is 1. The number of ether oxygens (including phenoxy) is 1. The molecule has 3 nitrogen and oxygen atoms in total. The van der Waals surface area contributed by atoms with Crippen LogP contribution in [0.5, 0.6) is 5.75 Å². The summed E-state index contributed by atoms with van der Waals surface area (Å²) in [5, 5.41) is 13.5. The molecule has 1 aliphatic carbocycles. The van der Waals surface area contributed by atoms with Gasteiger partial charge in [-0.15, -0.1) is 0 Å². The van der Waals surface area contributed by atoms with Crippen LogP contribution in [0, 0.1) is 5.92 Å². The van der Waals surface area contributed by atoms with E-state index in [4.69, 9.17) is 4.74 Å². The molecule has 0 heterocycles. The van der Waals surface area contributed by atoms with Crippen LogP contribution in [0.2, 0.25) is 0 Å². The molecule has 2 atom stereocenters. The highest BCUT2D eigenvalue weighted by atomic mass is 16.5. The molecular formula is C17H27NO2. The van der Waals surface area contributed by atoms with E-state index in [1.807, 2.05) is 12.1 Å². The number of aliphatic hydroxyl groups excluding tert-OH is 1. The van der Waals surface area contributed by atoms with E-state index in [9.17, 15) is 5.11 Å². The van der Waals surface area contributed by atoms with Gasteiger partial charge in [-0.25, -0.2) is 0 Å². The van der Waals surface area contributed by atoms with Gasteiger partial charge < -0.3 is 15.2 Å². The molecule has 0 radical (unpaired) electrons. The molecule has 1 aromatic rings. The van der Waals surface area contributed by atoms with Crippen molar-refractivity contribution in [2.24, 2.45) is 5.92 Å². The van der Waals surface area contributed by atoms with Gasteiger partial charge in [-0.2, -0.15) is 0 Å². The molecule has 2 N–H and O–H groups in total. The molecular weight excluding hydrogens is 250 g/mol. The van der Waals surface area contributed by atoms with Crippen molar-refractivity contribution in [1.29, 1.82) is 0 Å². The quantitative estimate of drug-likeness (QED) is 0.803. The van der Waals surface area contributed by atoms with E-state index >= 15 is 0 Å². The highest BCUT2D eigenvalue weighted by Crippen LogP contribution is 2.28. The summed E-state index contributed by atoms with van der Waals surface area (Å²) in [5.41, 5.74) is 1.22. The average molecular weight is 277 g/mol. The number of aliphatic hydroxyl groups is 1. The Hall–Kier alpha value is -1.06. The molecule has 0 aliphatic heterocycles. The summed E-state index contributed by atoms with van der Waals surface area (Å²) in [6.45, 7) is 2.80. The van der Waals surface area contributed by atoms with E-state index in [0.29, 0.717) is 6.54 Å². The summed E-state index contributed by atoms with van der Waals surface area (Å²) in [5.74, 6) is 1.62. The van der Waals surface area contributed by atoms with Gasteiger partial charge in [-0.05, 0) is 37.0 Å². The van der Waals surface area contributed by atoms with Crippen LogP contribution in [0.4, 0.5) is 0 Å². The van der Waals surface area contributed by atoms with Crippen molar-refractivity contribution in [1.82, 2.24) is 5.32 Å². The predicted molar refractivity (Wildman–Crippen MR) is 82.0 cm³/mol. The first-order valence-corrected chi connectivity index (χ1v) is 7.74. The van der Waals surface area contributed by atoms with E-state index in [-0.39, 0.29) is 12.1 Å². The Kier molecular flexibility index (Phi) is 5.86. The summed E-state index contributed by atoms with van der Waals surface area (Å²) in [4.78, 5) is 0. The van der Waals surface area contributed by atoms with Crippen molar-refractivity contribution >= 4 is 0 Å². The van der Waals surface area contributed by atoms with E-state index in [0.717, 1.165) is 18.1 Å². The van der Waals surface area contributed by atoms with Crippen molar-refractivity contribution in [2.45, 2.75) is 51.2 Å². The van der Waals surface area contributed by atoms with Crippen molar-refractivity contribution in [3.05, 3.63) is 29.8 Å². The van der Waals surface area contributed by atoms with Crippen LogP contribution in [-0.4, -0.2) is 24.9 Å². The molecule has 2 rings (SSSR count). The van der Waals surface area contributed by atoms with Gasteiger partial charge in [-0.3, -0.25) is 0 Å². The van der Waals surface area contributed by atoms with Crippen LogP contribution in [0.25, 0.3) is 0 Å². The number of hydrogen-bond acceptors (Lipinski definition) is 3. The SMILES string of the molecule is COc1ccc([C@H](C)NCC(O)CC2CCCC2)cc1. The summed E-state index contributed by atoms with van der Waals surface area (Å²) >= 11 is 0. The van der Waals surface area contributed by atoms with E-state index in [2.05, 4.69) is 24.4 Å². The summed E-state index contributed by atoms with van der Waals surface area (Å²) < 4.78 is 5.16. The van der Waals surface area contributed by atoms with Gasteiger partial charge in [-0.1, -0.05) is 37.8 Å². The monoisotopic (exact) mass is 277 g/mol. The number of rotatable bonds is 7. The molecule has 0 saturated heterocycles. The maximum absolute atomic E-state index is 10.1. The van der Waals surface area contributed by atoms with Gasteiger partial charge in [0.15, 0.2) is 0 Å². The van der Waals surface area contributed by atoms with Crippen LogP contribution in [0.3, 0.4) is 0 Å². The fraction of sp³-hybridized carbons (Fsp3) is 0.647. The fourth-order valence-corrected chi connectivity index (χ4v) is 3.04. The zero-order valence-electron chi connectivity index (χ0n) is 12.6. The van der Waals surface area contributed by atoms with Crippen LogP contribution < -0.4 is 10.1 Å². The van der Waals surface area contributed by atoms with Gasteiger partial charge in [0.25, 0.3) is 0 Å². The second kappa shape index (κ2) is 7.65. The Balaban J connectivity index is 1.74. The first-order valence-electron chi connectivity index (χ1n) is 7.74. The lowest BCUT2D eigenvalue weighted by molar-refractivity contribution is 0.137. The molecule has 0 spiro atoms. The van der Waals surface area contributed by atoms with Gasteiger partial charge >= 0.3 is 0 Å². The Bertz CT molecular complexity index is 384. The zero-order valence-corrected chi connectivity index (χ0v) is 12.6. The molecule has 3 heteroatoms. The number of methoxy groups -OCH3 is 1. The van der Waals surface area contributed by atoms with Crippen molar-refractivity contribution in [3.63, 3.8) is 0 Å². The fourth-order valence-electron chi connectivity index (χ4n) is 3.04. The minimum absolute atomic E-state index is 0.223. The van der Waals surface area contributed by atoms with Crippen LogP contribution in [0.15, 0.2) is 24.3 Å². The number of nitrogens with one attached hydrogen (secondary N) is 1. The summed E-state index contributed by atoms with van der Waals surface area (Å²) in [6.07, 6.45) is 6.00. The van der Waals surface area contributed by atoms with E-state index < -0.39 is 0 Å². The van der Waals surface area contributed by atoms with Gasteiger partial charge in [0.05, 0.1) is 13.2 Å². The molecule has 0 aromatic heterocycles. The molecule has 20 heavy (non-hydrogen) atoms. The minimum Gasteiger partial charge on any atom is -0.497 e. The van der Waals surface area contributed by atoms with Crippen molar-refractivity contribution in [2.75, 3.05) is 13.7 Å². The second-order valence-corrected chi connectivity index (χ2v) is 5.94. The lowest BCUT2D eigenvalue weighted by atomic mass is 9.99. The van der Waals surface area contributed by atoms with E-state index in [1.54, 1.807) is 7.11 Å². The number of hydrogen-bond donors (Lipinski definition) is 2. The zero-order chi connectivity index (χ0) is 14.4. The molecule has 1 aromatic carbocycles. The van der Waals surface area contributed by atoms with Crippen molar-refractivity contribution in [3.8, 4) is 5.75 Å². The lowest BCUT2D eigenvalue weighted by Crippen LogP contribution is -2.30. The maximum Gasteiger partial charge on any atom is 0.118 e. The molecule has 1 unspecified atom stereocenters. The van der Waals surface area contributed by atoms with Crippen LogP contribution in [0.1, 0.15) is 50.6 Å². The standard InChI is InChI=1S/C17H27NO2/c1-13(15-7-9-17(20-2)10-8-15)18-12-16(19)11-14-5-3-4-6-14/h7-10,13-14,16,18-19H,3-6,11-12H2,1-2H3/t13-,16?/m0/s1. The second-order valence-electron chi connectivity index (χ2n) is 5.94. The van der Waals surface area contributed by atoms with Gasteiger partial charge in [0, 0.05) is 12.6 Å². The molecule has 1 aliphatic rings. The van der Waals surface area contributed by atoms with Crippen LogP contribution in [-0.2, 0) is 0 Å². The van der Waals surface area contributed by atoms with Crippen LogP contribution >= 0.6 is 0 Å². The first-order chi connectivity index (χ1) is 9.69. The molecule has 0 amide bonds. The minimum atomic E-state index is -0.223. The Morgan fingerprint density at radius 3 is 2.50 bits per heavy atom. The topological polar surface area (TPSA) is 41.5 Å². The molecule has 112 valence electrons. The van der Waals surface area contributed by atoms with Gasteiger partial charge in [0.1, 0.15) is 5.75 Å². The Morgan fingerprint density at radius 1 is 1.25 bits per heavy atom. The van der Waals surface area contributed by atoms with Crippen molar-refractivity contribution < 1.29 is 9.84 Å². The Labute approximate surface area is 122 Å². The first kappa shape index (κ1) is 15.3. The smallest absolute Gasteiger partial charge is 0.118 e. The maximum atomic E-state index is 10.1. The largest absolute Gasteiger partial charge is 0.497 e. The predicted octanol–water partition coefficient (Wildman–Crippen LogP) is 3.29. The Morgan fingerprint density at radius 2 is 1.90 bits per heavy atom. The third-order valence-electron chi connectivity index (χ3n) is 4.36. The summed E-state index contributed by atoms with van der Waals surface area (Å²) in [6, 6.07) is 8.34. The highest BCUT2D eigenvalue weighted by molar-refractivity contribution is 5.28. The third kappa shape index (κ3) is 4.50. The lowest BCUT2D eigenvalue weighted by Gasteiger charge is -2.19. The highest BCUT2D eigenvalue weighted by Gasteiger charge is 2.19.